The number of carbonyl (C=O) groups is 2. The van der Waals surface area contributed by atoms with Crippen molar-refractivity contribution in [2.45, 2.75) is 58.1 Å². The van der Waals surface area contributed by atoms with E-state index in [0.29, 0.717) is 18.0 Å². The molecule has 0 heterocycles. The van der Waals surface area contributed by atoms with Crippen LogP contribution >= 0.6 is 15.9 Å². The number of hydrogen-bond donors (Lipinski definition) is 1. The smallest absolute Gasteiger partial charge is 0.264 e. The van der Waals surface area contributed by atoms with Gasteiger partial charge in [0.1, 0.15) is 18.3 Å². The summed E-state index contributed by atoms with van der Waals surface area (Å²) in [6, 6.07) is 19.5. The monoisotopic (exact) mass is 629 g/mol. The fraction of sp³-hybridized carbons (Fsp3) is 0.333. The summed E-state index contributed by atoms with van der Waals surface area (Å²) in [7, 11) is -4.14. The molecule has 0 aliphatic rings. The first kappa shape index (κ1) is 31.2. The van der Waals surface area contributed by atoms with Gasteiger partial charge in [-0.15, -0.1) is 0 Å². The molecule has 10 heteroatoms. The maximum atomic E-state index is 13.9. The maximum absolute atomic E-state index is 13.9. The average molecular weight is 631 g/mol. The van der Waals surface area contributed by atoms with Gasteiger partial charge in [-0.2, -0.15) is 0 Å². The number of nitrogens with zero attached hydrogens (tertiary/aromatic N) is 2. The molecule has 0 saturated heterocycles. The van der Waals surface area contributed by atoms with Gasteiger partial charge < -0.3 is 15.0 Å². The number of nitrogens with one attached hydrogen (secondary N) is 1. The summed E-state index contributed by atoms with van der Waals surface area (Å²) < 4.78 is 35.1. The first-order valence-corrected chi connectivity index (χ1v) is 15.3. The molecule has 3 aromatic rings. The van der Waals surface area contributed by atoms with Crippen LogP contribution in [0.25, 0.3) is 0 Å². The van der Waals surface area contributed by atoms with Gasteiger partial charge in [0.2, 0.25) is 11.8 Å². The third-order valence-electron chi connectivity index (χ3n) is 6.19. The summed E-state index contributed by atoms with van der Waals surface area (Å²) in [5.74, 6) is -0.251. The summed E-state index contributed by atoms with van der Waals surface area (Å²) in [4.78, 5) is 28.4. The summed E-state index contributed by atoms with van der Waals surface area (Å²) in [6.07, 6.45) is 0. The lowest BCUT2D eigenvalue weighted by Crippen LogP contribution is -2.52. The molecule has 0 bridgehead atoms. The summed E-state index contributed by atoms with van der Waals surface area (Å²) >= 11 is 3.34. The van der Waals surface area contributed by atoms with Gasteiger partial charge in [0, 0.05) is 17.1 Å². The van der Waals surface area contributed by atoms with Crippen LogP contribution in [0.5, 0.6) is 5.75 Å². The van der Waals surface area contributed by atoms with Crippen molar-refractivity contribution in [3.63, 3.8) is 0 Å². The van der Waals surface area contributed by atoms with Gasteiger partial charge in [-0.3, -0.25) is 13.9 Å². The zero-order chi connectivity index (χ0) is 29.4. The minimum atomic E-state index is -4.14. The van der Waals surface area contributed by atoms with Crippen molar-refractivity contribution in [1.29, 1.82) is 0 Å². The number of ether oxygens (including phenoxy) is 1. The van der Waals surface area contributed by atoms with Gasteiger partial charge in [-0.05, 0) is 88.7 Å². The summed E-state index contributed by atoms with van der Waals surface area (Å²) in [6.45, 7) is 9.25. The Hall–Kier alpha value is -3.37. The van der Waals surface area contributed by atoms with Crippen LogP contribution in [0, 0.1) is 6.92 Å². The molecule has 1 N–H and O–H groups in total. The quantitative estimate of drug-likeness (QED) is 0.294. The molecule has 40 heavy (non-hydrogen) atoms. The molecule has 0 saturated carbocycles. The van der Waals surface area contributed by atoms with Gasteiger partial charge in [0.15, 0.2) is 0 Å². The van der Waals surface area contributed by atoms with Crippen molar-refractivity contribution in [1.82, 2.24) is 10.2 Å². The number of carbonyl (C=O) groups excluding carboxylic acids is 2. The molecule has 8 nitrogen and oxygen atoms in total. The van der Waals surface area contributed by atoms with Crippen molar-refractivity contribution in [2.24, 2.45) is 0 Å². The lowest BCUT2D eigenvalue weighted by molar-refractivity contribution is -0.139. The Morgan fingerprint density at radius 1 is 0.925 bits per heavy atom. The molecule has 0 fully saturated rings. The average Bonchev–Trinajstić information content (AvgIpc) is 2.91. The van der Waals surface area contributed by atoms with E-state index in [9.17, 15) is 18.0 Å². The van der Waals surface area contributed by atoms with Gasteiger partial charge in [-0.25, -0.2) is 8.42 Å². The van der Waals surface area contributed by atoms with E-state index < -0.39 is 28.5 Å². The zero-order valence-corrected chi connectivity index (χ0v) is 25.8. The van der Waals surface area contributed by atoms with Gasteiger partial charge >= 0.3 is 0 Å². The third kappa shape index (κ3) is 8.08. The fourth-order valence-electron chi connectivity index (χ4n) is 4.02. The Morgan fingerprint density at radius 3 is 2.08 bits per heavy atom. The Morgan fingerprint density at radius 2 is 1.52 bits per heavy atom. The highest BCUT2D eigenvalue weighted by Crippen LogP contribution is 2.27. The van der Waals surface area contributed by atoms with Crippen LogP contribution in [0.1, 0.15) is 38.8 Å². The summed E-state index contributed by atoms with van der Waals surface area (Å²) in [5, 5.41) is 2.85. The van der Waals surface area contributed by atoms with E-state index in [4.69, 9.17) is 4.74 Å². The molecule has 214 valence electrons. The number of halogens is 1. The number of benzene rings is 3. The van der Waals surface area contributed by atoms with Crippen molar-refractivity contribution in [3.05, 3.63) is 88.4 Å². The van der Waals surface area contributed by atoms with Gasteiger partial charge in [0.25, 0.3) is 10.0 Å². The van der Waals surface area contributed by atoms with Crippen LogP contribution in [-0.2, 0) is 26.2 Å². The molecule has 0 aliphatic heterocycles. The van der Waals surface area contributed by atoms with Crippen LogP contribution in [0.3, 0.4) is 0 Å². The van der Waals surface area contributed by atoms with Crippen molar-refractivity contribution in [2.75, 3.05) is 17.5 Å². The van der Waals surface area contributed by atoms with Crippen LogP contribution in [0.4, 0.5) is 5.69 Å². The molecule has 3 aromatic carbocycles. The fourth-order valence-corrected chi connectivity index (χ4v) is 5.69. The molecule has 0 unspecified atom stereocenters. The Kier molecular flexibility index (Phi) is 10.8. The van der Waals surface area contributed by atoms with Crippen LogP contribution in [0.2, 0.25) is 0 Å². The van der Waals surface area contributed by atoms with Crippen LogP contribution in [-0.4, -0.2) is 50.4 Å². The zero-order valence-electron chi connectivity index (χ0n) is 23.4. The molecule has 0 radical (unpaired) electrons. The molecule has 0 aromatic heterocycles. The largest absolute Gasteiger partial charge is 0.494 e. The highest BCUT2D eigenvalue weighted by molar-refractivity contribution is 9.10. The third-order valence-corrected chi connectivity index (χ3v) is 8.50. The molecule has 0 spiro atoms. The second-order valence-corrected chi connectivity index (χ2v) is 12.5. The van der Waals surface area contributed by atoms with E-state index in [1.807, 2.05) is 52.0 Å². The second kappa shape index (κ2) is 13.8. The Labute approximate surface area is 245 Å². The van der Waals surface area contributed by atoms with E-state index in [1.54, 1.807) is 43.3 Å². The molecule has 0 aliphatic carbocycles. The first-order valence-electron chi connectivity index (χ1n) is 13.1. The number of amides is 2. The van der Waals surface area contributed by atoms with Crippen molar-refractivity contribution in [3.8, 4) is 5.75 Å². The predicted molar refractivity (Wildman–Crippen MR) is 161 cm³/mol. The highest BCUT2D eigenvalue weighted by Gasteiger charge is 2.32. The Bertz CT molecular complexity index is 1390. The maximum Gasteiger partial charge on any atom is 0.264 e. The van der Waals surface area contributed by atoms with Crippen molar-refractivity contribution >= 4 is 43.5 Å². The summed E-state index contributed by atoms with van der Waals surface area (Å²) in [5.41, 5.74) is 2.19. The standard InChI is InChI=1S/C30H36BrN3O5S/c1-6-39-27-15-13-26(14-16-27)34(40(37,38)28-17-11-25(31)12-18-28)20-29(35)33(23(5)30(36)32-21(2)3)19-24-9-7-22(4)8-10-24/h7-18,21,23H,6,19-20H2,1-5H3,(H,32,36)/t23-/m0/s1. The number of hydrogen-bond acceptors (Lipinski definition) is 5. The molecule has 1 atom stereocenters. The van der Waals surface area contributed by atoms with E-state index in [-0.39, 0.29) is 23.4 Å². The minimum absolute atomic E-state index is 0.0352. The molecular weight excluding hydrogens is 594 g/mol. The number of sulfonamides is 1. The second-order valence-electron chi connectivity index (χ2n) is 9.74. The lowest BCUT2D eigenvalue weighted by atomic mass is 10.1. The van der Waals surface area contributed by atoms with E-state index in [1.165, 1.54) is 17.0 Å². The van der Waals surface area contributed by atoms with Crippen molar-refractivity contribution < 1.29 is 22.7 Å². The van der Waals surface area contributed by atoms with Gasteiger partial charge in [-0.1, -0.05) is 45.8 Å². The number of aryl methyl sites for hydroxylation is 1. The number of rotatable bonds is 12. The van der Waals surface area contributed by atoms with E-state index in [2.05, 4.69) is 21.2 Å². The minimum Gasteiger partial charge on any atom is -0.494 e. The first-order chi connectivity index (χ1) is 18.9. The highest BCUT2D eigenvalue weighted by atomic mass is 79.9. The Balaban J connectivity index is 2.02. The molecular formula is C30H36BrN3O5S. The lowest BCUT2D eigenvalue weighted by Gasteiger charge is -2.32. The SMILES string of the molecule is CCOc1ccc(N(CC(=O)N(Cc2ccc(C)cc2)[C@@H](C)C(=O)NC(C)C)S(=O)(=O)c2ccc(Br)cc2)cc1. The normalized spacial score (nSPS) is 12.1. The number of anilines is 1. The van der Waals surface area contributed by atoms with Crippen LogP contribution < -0.4 is 14.4 Å². The van der Waals surface area contributed by atoms with E-state index >= 15 is 0 Å². The van der Waals surface area contributed by atoms with E-state index in [0.717, 1.165) is 19.9 Å². The van der Waals surface area contributed by atoms with Gasteiger partial charge in [0.05, 0.1) is 17.2 Å². The topological polar surface area (TPSA) is 96.0 Å². The predicted octanol–water partition coefficient (Wildman–Crippen LogP) is 5.29. The molecule has 2 amide bonds. The molecule has 3 rings (SSSR count). The van der Waals surface area contributed by atoms with Crippen LogP contribution in [0.15, 0.2) is 82.2 Å².